The van der Waals surface area contributed by atoms with Gasteiger partial charge in [-0.25, -0.2) is 0 Å². The van der Waals surface area contributed by atoms with Crippen molar-refractivity contribution in [3.8, 4) is 17.2 Å². The van der Waals surface area contributed by atoms with Crippen molar-refractivity contribution in [2.75, 3.05) is 40.3 Å². The summed E-state index contributed by atoms with van der Waals surface area (Å²) in [6.07, 6.45) is 2.08. The second kappa shape index (κ2) is 7.72. The Kier molecular flexibility index (Phi) is 5.92. The molecule has 2 aromatic rings. The van der Waals surface area contributed by atoms with Gasteiger partial charge in [-0.2, -0.15) is 4.57 Å². The third-order valence-corrected chi connectivity index (χ3v) is 4.49. The standard InChI is InChI=1S/C17H22IN2O3/c1-19(2)13-6-7-20(16(18)10-13)11-12-8-14(21-3)17(23-5)15(9-12)22-4/h6-10H,11H2,1-5H3/q+1. The summed E-state index contributed by atoms with van der Waals surface area (Å²) in [6, 6.07) is 8.20. The van der Waals surface area contributed by atoms with Crippen LogP contribution in [0.4, 0.5) is 5.69 Å². The number of methoxy groups -OCH3 is 3. The Labute approximate surface area is 150 Å². The molecular weight excluding hydrogens is 407 g/mol. The van der Waals surface area contributed by atoms with Crippen molar-refractivity contribution in [2.45, 2.75) is 6.54 Å². The molecule has 0 radical (unpaired) electrons. The van der Waals surface area contributed by atoms with Gasteiger partial charge in [0.1, 0.15) is 0 Å². The number of pyridine rings is 1. The zero-order chi connectivity index (χ0) is 17.0. The molecule has 6 heteroatoms. The highest BCUT2D eigenvalue weighted by molar-refractivity contribution is 14.1. The minimum absolute atomic E-state index is 0.612. The van der Waals surface area contributed by atoms with E-state index in [0.29, 0.717) is 17.2 Å². The first kappa shape index (κ1) is 17.7. The second-order valence-electron chi connectivity index (χ2n) is 5.26. The van der Waals surface area contributed by atoms with Gasteiger partial charge < -0.3 is 19.1 Å². The lowest BCUT2D eigenvalue weighted by Crippen LogP contribution is -2.37. The number of rotatable bonds is 6. The maximum absolute atomic E-state index is 5.42. The van der Waals surface area contributed by atoms with Gasteiger partial charge in [0.15, 0.2) is 24.2 Å². The minimum atomic E-state index is 0.612. The Morgan fingerprint density at radius 2 is 1.61 bits per heavy atom. The number of benzene rings is 1. The maximum atomic E-state index is 5.42. The number of ether oxygens (including phenoxy) is 3. The van der Waals surface area contributed by atoms with E-state index in [1.165, 1.54) is 5.69 Å². The minimum Gasteiger partial charge on any atom is -0.493 e. The summed E-state index contributed by atoms with van der Waals surface area (Å²) >= 11 is 2.35. The molecule has 0 aliphatic rings. The lowest BCUT2D eigenvalue weighted by atomic mass is 10.1. The van der Waals surface area contributed by atoms with Gasteiger partial charge in [0, 0.05) is 60.1 Å². The van der Waals surface area contributed by atoms with Crippen LogP contribution in [0.25, 0.3) is 0 Å². The van der Waals surface area contributed by atoms with Gasteiger partial charge in [0.25, 0.3) is 0 Å². The van der Waals surface area contributed by atoms with Crippen LogP contribution in [0, 0.1) is 3.70 Å². The summed E-state index contributed by atoms with van der Waals surface area (Å²) in [5, 5.41) is 0. The average molecular weight is 429 g/mol. The van der Waals surface area contributed by atoms with E-state index >= 15 is 0 Å². The molecule has 0 aliphatic carbocycles. The molecule has 0 fully saturated rings. The van der Waals surface area contributed by atoms with E-state index in [9.17, 15) is 0 Å². The Morgan fingerprint density at radius 3 is 2.04 bits per heavy atom. The predicted octanol–water partition coefficient (Wildman–Crippen LogP) is 2.72. The summed E-state index contributed by atoms with van der Waals surface area (Å²) in [7, 11) is 8.94. The topological polar surface area (TPSA) is 34.8 Å². The Hall–Kier alpha value is -1.70. The number of anilines is 1. The summed E-state index contributed by atoms with van der Waals surface area (Å²) in [5.41, 5.74) is 2.26. The molecule has 0 saturated carbocycles. The van der Waals surface area contributed by atoms with Crippen molar-refractivity contribution in [1.82, 2.24) is 0 Å². The van der Waals surface area contributed by atoms with Crippen LogP contribution < -0.4 is 23.7 Å². The highest BCUT2D eigenvalue weighted by Crippen LogP contribution is 2.38. The molecule has 0 amide bonds. The molecule has 1 aromatic carbocycles. The SMILES string of the molecule is COc1cc(C[n+]2ccc(N(C)C)cc2I)cc(OC)c1OC. The van der Waals surface area contributed by atoms with E-state index < -0.39 is 0 Å². The van der Waals surface area contributed by atoms with Crippen LogP contribution in [0.3, 0.4) is 0 Å². The third-order valence-electron chi connectivity index (χ3n) is 3.56. The van der Waals surface area contributed by atoms with Gasteiger partial charge in [0.05, 0.1) is 21.3 Å². The predicted molar refractivity (Wildman–Crippen MR) is 98.9 cm³/mol. The van der Waals surface area contributed by atoms with Gasteiger partial charge in [-0.1, -0.05) is 0 Å². The van der Waals surface area contributed by atoms with Crippen molar-refractivity contribution in [2.24, 2.45) is 0 Å². The van der Waals surface area contributed by atoms with Crippen LogP contribution >= 0.6 is 22.6 Å². The molecule has 1 aromatic heterocycles. The summed E-state index contributed by atoms with van der Waals surface area (Å²) in [5.74, 6) is 1.95. The molecule has 23 heavy (non-hydrogen) atoms. The fraction of sp³-hybridized carbons (Fsp3) is 0.353. The van der Waals surface area contributed by atoms with Crippen LogP contribution in [0.2, 0.25) is 0 Å². The molecule has 0 spiro atoms. The van der Waals surface area contributed by atoms with E-state index in [2.05, 4.69) is 50.4 Å². The van der Waals surface area contributed by atoms with Crippen molar-refractivity contribution >= 4 is 28.3 Å². The van der Waals surface area contributed by atoms with Crippen molar-refractivity contribution in [3.05, 3.63) is 39.7 Å². The van der Waals surface area contributed by atoms with Gasteiger partial charge in [-0.3, -0.25) is 0 Å². The highest BCUT2D eigenvalue weighted by Gasteiger charge is 2.17. The Morgan fingerprint density at radius 1 is 1.00 bits per heavy atom. The fourth-order valence-corrected chi connectivity index (χ4v) is 2.97. The lowest BCUT2D eigenvalue weighted by molar-refractivity contribution is -0.700. The van der Waals surface area contributed by atoms with Crippen LogP contribution in [-0.4, -0.2) is 35.4 Å². The average Bonchev–Trinajstić information content (AvgIpc) is 2.55. The van der Waals surface area contributed by atoms with E-state index in [4.69, 9.17) is 14.2 Å². The maximum Gasteiger partial charge on any atom is 0.243 e. The van der Waals surface area contributed by atoms with Gasteiger partial charge in [-0.15, -0.1) is 0 Å². The second-order valence-corrected chi connectivity index (χ2v) is 6.37. The number of halogens is 1. The Balaban J connectivity index is 2.36. The number of nitrogens with zero attached hydrogens (tertiary/aromatic N) is 2. The largest absolute Gasteiger partial charge is 0.493 e. The van der Waals surface area contributed by atoms with E-state index in [1.807, 2.05) is 26.2 Å². The third kappa shape index (κ3) is 3.99. The number of hydrogen-bond acceptors (Lipinski definition) is 4. The number of hydrogen-bond donors (Lipinski definition) is 0. The zero-order valence-corrected chi connectivity index (χ0v) is 16.2. The molecule has 0 atom stereocenters. The summed E-state index contributed by atoms with van der Waals surface area (Å²) in [6.45, 7) is 0.725. The fourth-order valence-electron chi connectivity index (χ4n) is 2.32. The first-order valence-corrected chi connectivity index (χ1v) is 8.23. The van der Waals surface area contributed by atoms with Crippen LogP contribution in [0.15, 0.2) is 30.5 Å². The molecule has 0 bridgehead atoms. The first-order valence-electron chi connectivity index (χ1n) is 7.15. The Bertz CT molecular complexity index is 665. The van der Waals surface area contributed by atoms with Crippen LogP contribution in [0.1, 0.15) is 5.56 Å². The summed E-state index contributed by atoms with van der Waals surface area (Å²) < 4.78 is 19.5. The van der Waals surface area contributed by atoms with Gasteiger partial charge in [0.2, 0.25) is 9.45 Å². The molecule has 0 saturated heterocycles. The molecule has 0 aliphatic heterocycles. The molecule has 1 heterocycles. The number of aromatic nitrogens is 1. The molecule has 124 valence electrons. The smallest absolute Gasteiger partial charge is 0.243 e. The molecule has 5 nitrogen and oxygen atoms in total. The first-order chi connectivity index (χ1) is 11.0. The van der Waals surface area contributed by atoms with Crippen molar-refractivity contribution in [3.63, 3.8) is 0 Å². The van der Waals surface area contributed by atoms with Crippen LogP contribution in [0.5, 0.6) is 17.2 Å². The molecule has 0 unspecified atom stereocenters. The van der Waals surface area contributed by atoms with Crippen molar-refractivity contribution in [1.29, 1.82) is 0 Å². The van der Waals surface area contributed by atoms with E-state index in [1.54, 1.807) is 21.3 Å². The van der Waals surface area contributed by atoms with E-state index in [0.717, 1.165) is 15.8 Å². The normalized spacial score (nSPS) is 10.3. The zero-order valence-electron chi connectivity index (χ0n) is 14.1. The van der Waals surface area contributed by atoms with Crippen LogP contribution in [-0.2, 0) is 6.54 Å². The molecular formula is C17H22IN2O3+. The van der Waals surface area contributed by atoms with E-state index in [-0.39, 0.29) is 0 Å². The van der Waals surface area contributed by atoms with Gasteiger partial charge in [-0.05, 0) is 12.1 Å². The molecule has 0 N–H and O–H groups in total. The monoisotopic (exact) mass is 429 g/mol. The van der Waals surface area contributed by atoms with Gasteiger partial charge >= 0.3 is 0 Å². The quantitative estimate of drug-likeness (QED) is 0.402. The van der Waals surface area contributed by atoms with Crippen molar-refractivity contribution < 1.29 is 18.8 Å². The molecule has 2 rings (SSSR count). The lowest BCUT2D eigenvalue weighted by Gasteiger charge is -2.14. The highest BCUT2D eigenvalue weighted by atomic mass is 127. The summed E-state index contributed by atoms with van der Waals surface area (Å²) in [4.78, 5) is 2.09.